The van der Waals surface area contributed by atoms with Crippen molar-refractivity contribution in [3.05, 3.63) is 29.2 Å². The van der Waals surface area contributed by atoms with E-state index in [1.165, 1.54) is 0 Å². The van der Waals surface area contributed by atoms with Crippen LogP contribution in [0.25, 0.3) is 0 Å². The van der Waals surface area contributed by atoms with E-state index in [2.05, 4.69) is 20.6 Å². The van der Waals surface area contributed by atoms with Crippen molar-refractivity contribution in [2.75, 3.05) is 0 Å². The van der Waals surface area contributed by atoms with Crippen LogP contribution in [0.3, 0.4) is 0 Å². The van der Waals surface area contributed by atoms with Gasteiger partial charge in [-0.15, -0.1) is 0 Å². The van der Waals surface area contributed by atoms with Crippen LogP contribution in [0.15, 0.2) is 10.6 Å². The summed E-state index contributed by atoms with van der Waals surface area (Å²) >= 11 is 0. The summed E-state index contributed by atoms with van der Waals surface area (Å²) in [7, 11) is 0. The highest BCUT2D eigenvalue weighted by atomic mass is 16.5. The number of hydrogen-bond donors (Lipinski definition) is 2. The zero-order valence-electron chi connectivity index (χ0n) is 11.8. The number of hydrogen-bond acceptors (Lipinski definition) is 6. The van der Waals surface area contributed by atoms with Gasteiger partial charge in [0.25, 0.3) is 0 Å². The fraction of sp³-hybridized carbons (Fsp3) is 0.500. The van der Waals surface area contributed by atoms with E-state index in [-0.39, 0.29) is 11.9 Å². The number of aryl methyl sites for hydroxylation is 2. The van der Waals surface area contributed by atoms with Crippen molar-refractivity contribution in [1.29, 1.82) is 0 Å². The average Bonchev–Trinajstić information content (AvgIpc) is 2.94. The van der Waals surface area contributed by atoms with Gasteiger partial charge < -0.3 is 15.6 Å². The van der Waals surface area contributed by atoms with Gasteiger partial charge in [-0.25, -0.2) is 0 Å². The van der Waals surface area contributed by atoms with E-state index < -0.39 is 5.91 Å². The molecule has 108 valence electrons. The largest absolute Gasteiger partial charge is 0.361 e. The number of nitrogens with zero attached hydrogens (tertiary/aromatic N) is 4. The molecule has 0 aliphatic rings. The van der Waals surface area contributed by atoms with E-state index >= 15 is 0 Å². The third-order valence-electron chi connectivity index (χ3n) is 2.84. The lowest BCUT2D eigenvalue weighted by Crippen LogP contribution is -2.31. The van der Waals surface area contributed by atoms with E-state index in [0.717, 1.165) is 17.9 Å². The molecule has 8 nitrogen and oxygen atoms in total. The molecule has 1 unspecified atom stereocenters. The zero-order valence-corrected chi connectivity index (χ0v) is 11.8. The third kappa shape index (κ3) is 3.41. The Morgan fingerprint density at radius 3 is 2.85 bits per heavy atom. The van der Waals surface area contributed by atoms with Gasteiger partial charge in [-0.05, 0) is 26.8 Å². The number of carbonyl (C=O) groups is 1. The van der Waals surface area contributed by atoms with E-state index in [0.29, 0.717) is 12.4 Å². The molecule has 0 fully saturated rings. The molecule has 2 heterocycles. The first-order valence-corrected chi connectivity index (χ1v) is 6.32. The first-order chi connectivity index (χ1) is 9.45. The highest BCUT2D eigenvalue weighted by Crippen LogP contribution is 2.03. The maximum Gasteiger partial charge on any atom is 0.315 e. The van der Waals surface area contributed by atoms with E-state index in [4.69, 9.17) is 10.3 Å². The van der Waals surface area contributed by atoms with Gasteiger partial charge in [0.05, 0.1) is 18.8 Å². The lowest BCUT2D eigenvalue weighted by Gasteiger charge is -2.13. The molecule has 0 spiro atoms. The fourth-order valence-electron chi connectivity index (χ4n) is 1.88. The van der Waals surface area contributed by atoms with Crippen LogP contribution >= 0.6 is 0 Å². The van der Waals surface area contributed by atoms with Crippen LogP contribution in [0, 0.1) is 13.8 Å². The molecule has 3 N–H and O–H groups in total. The second-order valence-corrected chi connectivity index (χ2v) is 4.77. The quantitative estimate of drug-likeness (QED) is 0.778. The minimum Gasteiger partial charge on any atom is -0.361 e. The molecule has 20 heavy (non-hydrogen) atoms. The minimum absolute atomic E-state index is 0.170. The molecule has 0 bridgehead atoms. The summed E-state index contributed by atoms with van der Waals surface area (Å²) in [5.41, 5.74) is 7.15. The summed E-state index contributed by atoms with van der Waals surface area (Å²) in [5, 5.41) is 11.3. The maximum atomic E-state index is 10.8. The molecule has 2 rings (SSSR count). The third-order valence-corrected chi connectivity index (χ3v) is 2.84. The van der Waals surface area contributed by atoms with Crippen LogP contribution in [-0.2, 0) is 13.1 Å². The second-order valence-electron chi connectivity index (χ2n) is 4.77. The predicted molar refractivity (Wildman–Crippen MR) is 70.8 cm³/mol. The van der Waals surface area contributed by atoms with Gasteiger partial charge in [0.1, 0.15) is 0 Å². The van der Waals surface area contributed by atoms with Crippen molar-refractivity contribution in [3.63, 3.8) is 0 Å². The molecule has 2 aromatic rings. The first kappa shape index (κ1) is 14.2. The lowest BCUT2D eigenvalue weighted by atomic mass is 10.3. The molecule has 0 aliphatic carbocycles. The molecular formula is C12H18N6O2. The monoisotopic (exact) mass is 278 g/mol. The highest BCUT2D eigenvalue weighted by molar-refractivity contribution is 5.87. The number of nitrogens with two attached hydrogens (primary N) is 1. The van der Waals surface area contributed by atoms with Gasteiger partial charge in [-0.3, -0.25) is 9.48 Å². The van der Waals surface area contributed by atoms with Gasteiger partial charge in [0, 0.05) is 11.7 Å². The fourth-order valence-corrected chi connectivity index (χ4v) is 1.88. The molecule has 0 saturated heterocycles. The van der Waals surface area contributed by atoms with Crippen LogP contribution in [0.5, 0.6) is 0 Å². The Kier molecular flexibility index (Phi) is 4.14. The van der Waals surface area contributed by atoms with E-state index in [1.54, 1.807) is 0 Å². The van der Waals surface area contributed by atoms with Crippen molar-refractivity contribution in [2.24, 2.45) is 5.73 Å². The summed E-state index contributed by atoms with van der Waals surface area (Å²) < 4.78 is 6.65. The normalized spacial score (nSPS) is 12.6. The molecule has 0 aliphatic heterocycles. The second kappa shape index (κ2) is 5.83. The first-order valence-electron chi connectivity index (χ1n) is 6.32. The van der Waals surface area contributed by atoms with Crippen molar-refractivity contribution >= 4 is 5.91 Å². The van der Waals surface area contributed by atoms with E-state index in [9.17, 15) is 4.79 Å². The van der Waals surface area contributed by atoms with Gasteiger partial charge >= 0.3 is 11.8 Å². The predicted octanol–water partition coefficient (Wildman–Crippen LogP) is 0.160. The molecule has 2 aromatic heterocycles. The SMILES string of the molecule is Cc1cc(C)n(CC(C)NCc2noc(C(N)=O)n2)n1. The summed E-state index contributed by atoms with van der Waals surface area (Å²) in [6.07, 6.45) is 0. The highest BCUT2D eigenvalue weighted by Gasteiger charge is 2.12. The van der Waals surface area contributed by atoms with Crippen molar-refractivity contribution < 1.29 is 9.32 Å². The summed E-state index contributed by atoms with van der Waals surface area (Å²) in [6, 6.07) is 2.20. The maximum absolute atomic E-state index is 10.8. The van der Waals surface area contributed by atoms with Gasteiger partial charge in [0.15, 0.2) is 5.82 Å². The Labute approximate surface area is 116 Å². The van der Waals surface area contributed by atoms with E-state index in [1.807, 2.05) is 31.5 Å². The standard InChI is InChI=1S/C12H18N6O2/c1-7-4-9(3)18(16-7)6-8(2)14-5-10-15-12(11(13)19)20-17-10/h4,8,14H,5-6H2,1-3H3,(H2,13,19). The summed E-state index contributed by atoms with van der Waals surface area (Å²) in [5.74, 6) is -0.494. The number of aromatic nitrogens is 4. The van der Waals surface area contributed by atoms with Gasteiger partial charge in [-0.2, -0.15) is 10.1 Å². The van der Waals surface area contributed by atoms with Crippen molar-refractivity contribution in [1.82, 2.24) is 25.2 Å². The molecule has 0 saturated carbocycles. The Hall–Kier alpha value is -2.22. The number of amides is 1. The molecule has 8 heteroatoms. The van der Waals surface area contributed by atoms with Crippen LogP contribution in [0.1, 0.15) is 34.8 Å². The Bertz CT molecular complexity index is 603. The van der Waals surface area contributed by atoms with Gasteiger partial charge in [-0.1, -0.05) is 5.16 Å². The average molecular weight is 278 g/mol. The van der Waals surface area contributed by atoms with Crippen molar-refractivity contribution in [3.8, 4) is 0 Å². The Morgan fingerprint density at radius 1 is 1.55 bits per heavy atom. The van der Waals surface area contributed by atoms with Crippen LogP contribution in [-0.4, -0.2) is 31.9 Å². The van der Waals surface area contributed by atoms with Gasteiger partial charge in [0.2, 0.25) is 0 Å². The zero-order chi connectivity index (χ0) is 14.7. The van der Waals surface area contributed by atoms with Crippen LogP contribution in [0.4, 0.5) is 0 Å². The Balaban J connectivity index is 1.87. The molecule has 1 atom stereocenters. The molecule has 0 radical (unpaired) electrons. The molecule has 0 aromatic carbocycles. The number of carbonyl (C=O) groups excluding carboxylic acids is 1. The smallest absolute Gasteiger partial charge is 0.315 e. The Morgan fingerprint density at radius 2 is 2.30 bits per heavy atom. The number of primary amides is 1. The molecular weight excluding hydrogens is 260 g/mol. The summed E-state index contributed by atoms with van der Waals surface area (Å²) in [4.78, 5) is 14.7. The van der Waals surface area contributed by atoms with Crippen molar-refractivity contribution in [2.45, 2.75) is 39.9 Å². The molecule has 1 amide bonds. The number of rotatable bonds is 6. The topological polar surface area (TPSA) is 112 Å². The number of nitrogens with one attached hydrogen (secondary N) is 1. The lowest BCUT2D eigenvalue weighted by molar-refractivity contribution is 0.0958. The van der Waals surface area contributed by atoms with Crippen LogP contribution in [0.2, 0.25) is 0 Å². The minimum atomic E-state index is -0.723. The van der Waals surface area contributed by atoms with Crippen LogP contribution < -0.4 is 11.1 Å². The summed E-state index contributed by atoms with van der Waals surface area (Å²) in [6.45, 7) is 7.15.